The number of hydrogen-bond acceptors (Lipinski definition) is 1. The lowest BCUT2D eigenvalue weighted by molar-refractivity contribution is 1.07. The summed E-state index contributed by atoms with van der Waals surface area (Å²) in [6.07, 6.45) is 0. The molecule has 10 heavy (non-hydrogen) atoms. The predicted octanol–water partition coefficient (Wildman–Crippen LogP) is 1.72. The van der Waals surface area contributed by atoms with Crippen LogP contribution in [0.1, 0.15) is 5.56 Å². The second-order valence-corrected chi connectivity index (χ2v) is 3.97. The summed E-state index contributed by atoms with van der Waals surface area (Å²) in [5.41, 5.74) is 6.63. The smallest absolute Gasteiger partial charge is 0.0178 e. The van der Waals surface area contributed by atoms with E-state index in [0.717, 1.165) is 0 Å². The Morgan fingerprint density at radius 3 is 2.30 bits per heavy atom. The van der Waals surface area contributed by atoms with Crippen LogP contribution in [0, 0.1) is 3.57 Å². The topological polar surface area (TPSA) is 26.0 Å². The van der Waals surface area contributed by atoms with Crippen LogP contribution >= 0.6 is 20.7 Å². The van der Waals surface area contributed by atoms with Gasteiger partial charge in [0.05, 0.1) is 0 Å². The summed E-state index contributed by atoms with van der Waals surface area (Å²) >= 11 is 0.000456. The molecule has 0 aliphatic rings. The first-order valence-electron chi connectivity index (χ1n) is 3.04. The molecule has 0 saturated carbocycles. The van der Waals surface area contributed by atoms with Crippen molar-refractivity contribution in [2.24, 2.45) is 5.73 Å². The summed E-state index contributed by atoms with van der Waals surface area (Å²) in [5, 5.41) is 0. The molecule has 54 valence electrons. The summed E-state index contributed by atoms with van der Waals surface area (Å²) in [5.74, 6) is 0. The maximum absolute atomic E-state index is 5.43. The molecule has 0 aliphatic carbocycles. The molecule has 0 aliphatic heterocycles. The van der Waals surface area contributed by atoms with Gasteiger partial charge in [0.15, 0.2) is 0 Å². The zero-order chi connectivity index (χ0) is 7.40. The molecule has 0 bridgehead atoms. The van der Waals surface area contributed by atoms with Crippen molar-refractivity contribution in [1.29, 1.82) is 0 Å². The van der Waals surface area contributed by atoms with Crippen LogP contribution < -0.4 is 5.73 Å². The van der Waals surface area contributed by atoms with Crippen LogP contribution in [0.2, 0.25) is 0 Å². The van der Waals surface area contributed by atoms with E-state index in [1.165, 1.54) is 9.13 Å². The van der Waals surface area contributed by atoms with Gasteiger partial charge in [-0.25, -0.2) is 0 Å². The number of halogens is 1. The minimum Gasteiger partial charge on any atom is -0.326 e. The van der Waals surface area contributed by atoms with E-state index in [2.05, 4.69) is 28.8 Å². The SMILES string of the molecule is C=Ic1ccc(CN)cc1. The quantitative estimate of drug-likeness (QED) is 0.791. The molecule has 0 aromatic heterocycles. The lowest BCUT2D eigenvalue weighted by Crippen LogP contribution is -1.94. The largest absolute Gasteiger partial charge is 0.326 e. The van der Waals surface area contributed by atoms with Gasteiger partial charge in [-0.05, 0) is 17.7 Å². The van der Waals surface area contributed by atoms with Crippen LogP contribution in [0.15, 0.2) is 24.3 Å². The molecule has 0 amide bonds. The van der Waals surface area contributed by atoms with Gasteiger partial charge in [-0.15, -0.1) is 0 Å². The van der Waals surface area contributed by atoms with Crippen molar-refractivity contribution >= 4 is 25.2 Å². The van der Waals surface area contributed by atoms with Gasteiger partial charge < -0.3 is 5.73 Å². The fourth-order valence-electron chi connectivity index (χ4n) is 0.710. The molecule has 0 spiro atoms. The molecule has 2 N–H and O–H groups in total. The van der Waals surface area contributed by atoms with E-state index in [1.807, 2.05) is 0 Å². The number of rotatable bonds is 2. The Hall–Kier alpha value is -0.220. The van der Waals surface area contributed by atoms with E-state index in [9.17, 15) is 0 Å². The number of nitrogens with two attached hydrogens (primary N) is 1. The zero-order valence-electron chi connectivity index (χ0n) is 5.68. The third-order valence-corrected chi connectivity index (χ3v) is 2.90. The van der Waals surface area contributed by atoms with Crippen molar-refractivity contribution < 1.29 is 0 Å². The Morgan fingerprint density at radius 1 is 1.30 bits per heavy atom. The van der Waals surface area contributed by atoms with Gasteiger partial charge in [0.1, 0.15) is 0 Å². The lowest BCUT2D eigenvalue weighted by atomic mass is 10.2. The molecule has 1 nitrogen and oxygen atoms in total. The maximum Gasteiger partial charge on any atom is 0.0178 e. The minimum absolute atomic E-state index is 0.000456. The van der Waals surface area contributed by atoms with E-state index in [0.29, 0.717) is 6.54 Å². The maximum atomic E-state index is 5.43. The van der Waals surface area contributed by atoms with Crippen molar-refractivity contribution in [2.75, 3.05) is 0 Å². The van der Waals surface area contributed by atoms with E-state index in [1.54, 1.807) is 0 Å². The normalized spacial score (nSPS) is 9.70. The molecule has 0 radical (unpaired) electrons. The highest BCUT2D eigenvalue weighted by Gasteiger charge is 1.87. The molecule has 0 saturated heterocycles. The summed E-state index contributed by atoms with van der Waals surface area (Å²) in [4.78, 5) is 0. The third kappa shape index (κ3) is 1.88. The summed E-state index contributed by atoms with van der Waals surface area (Å²) in [6.45, 7) is 0.635. The first kappa shape index (κ1) is 7.88. The standard InChI is InChI=1S/C8H10IN/c1-9-8-4-2-7(6-10)3-5-8/h2-5H,1,6,10H2. The molecule has 2 heteroatoms. The lowest BCUT2D eigenvalue weighted by Gasteiger charge is -1.95. The Bertz CT molecular complexity index is 215. The fraction of sp³-hybridized carbons (Fsp3) is 0.125. The molecule has 0 atom stereocenters. The fourth-order valence-corrected chi connectivity index (χ4v) is 1.58. The van der Waals surface area contributed by atoms with Gasteiger partial charge in [0.25, 0.3) is 0 Å². The summed E-state index contributed by atoms with van der Waals surface area (Å²) in [6, 6.07) is 8.37. The Morgan fingerprint density at radius 2 is 1.90 bits per heavy atom. The first-order valence-corrected chi connectivity index (χ1v) is 5.64. The molecule has 1 aromatic carbocycles. The molecule has 0 fully saturated rings. The second kappa shape index (κ2) is 3.83. The minimum atomic E-state index is 0.000456. The Balaban J connectivity index is 2.90. The summed E-state index contributed by atoms with van der Waals surface area (Å²) in [7, 11) is 0. The molecule has 0 heterocycles. The van der Waals surface area contributed by atoms with Crippen molar-refractivity contribution in [2.45, 2.75) is 6.54 Å². The molecule has 1 rings (SSSR count). The van der Waals surface area contributed by atoms with E-state index >= 15 is 0 Å². The highest BCUT2D eigenvalue weighted by Crippen LogP contribution is 2.09. The zero-order valence-corrected chi connectivity index (χ0v) is 7.84. The van der Waals surface area contributed by atoms with Gasteiger partial charge in [-0.2, -0.15) is 0 Å². The molecule has 0 unspecified atom stereocenters. The van der Waals surface area contributed by atoms with E-state index in [-0.39, 0.29) is 20.7 Å². The second-order valence-electron chi connectivity index (χ2n) is 1.96. The van der Waals surface area contributed by atoms with Crippen molar-refractivity contribution in [1.82, 2.24) is 0 Å². The Kier molecular flexibility index (Phi) is 3.02. The predicted molar refractivity (Wildman–Crippen MR) is 54.2 cm³/mol. The molecular formula is C8H10IN. The highest BCUT2D eigenvalue weighted by molar-refractivity contribution is 14.2. The monoisotopic (exact) mass is 247 g/mol. The third-order valence-electron chi connectivity index (χ3n) is 1.30. The number of benzene rings is 1. The molecular weight excluding hydrogens is 237 g/mol. The van der Waals surface area contributed by atoms with Crippen LogP contribution in [0.3, 0.4) is 0 Å². The van der Waals surface area contributed by atoms with Gasteiger partial charge in [0, 0.05) is 10.1 Å². The van der Waals surface area contributed by atoms with Gasteiger partial charge >= 0.3 is 0 Å². The van der Waals surface area contributed by atoms with Crippen LogP contribution in [0.4, 0.5) is 0 Å². The van der Waals surface area contributed by atoms with Gasteiger partial charge in [0.2, 0.25) is 0 Å². The van der Waals surface area contributed by atoms with Crippen LogP contribution in [0.5, 0.6) is 0 Å². The van der Waals surface area contributed by atoms with Crippen LogP contribution in [-0.2, 0) is 6.54 Å². The van der Waals surface area contributed by atoms with Crippen LogP contribution in [-0.4, -0.2) is 4.51 Å². The van der Waals surface area contributed by atoms with Crippen LogP contribution in [0.25, 0.3) is 0 Å². The van der Waals surface area contributed by atoms with E-state index in [4.69, 9.17) is 5.73 Å². The molecule has 1 aromatic rings. The van der Waals surface area contributed by atoms with Crippen molar-refractivity contribution in [3.63, 3.8) is 0 Å². The summed E-state index contributed by atoms with van der Waals surface area (Å²) < 4.78 is 5.26. The van der Waals surface area contributed by atoms with E-state index < -0.39 is 0 Å². The highest BCUT2D eigenvalue weighted by atomic mass is 127. The average Bonchev–Trinajstić information content (AvgIpc) is 2.05. The number of hydrogen-bond donors (Lipinski definition) is 1. The van der Waals surface area contributed by atoms with Crippen molar-refractivity contribution in [3.05, 3.63) is 33.4 Å². The average molecular weight is 247 g/mol. The first-order chi connectivity index (χ1) is 4.86. The van der Waals surface area contributed by atoms with Gasteiger partial charge in [-0.3, -0.25) is 0 Å². The van der Waals surface area contributed by atoms with Crippen molar-refractivity contribution in [3.8, 4) is 0 Å². The Labute approximate surface area is 71.0 Å². The van der Waals surface area contributed by atoms with Gasteiger partial charge in [-0.1, -0.05) is 37.4 Å².